The van der Waals surface area contributed by atoms with Gasteiger partial charge in [-0.25, -0.2) is 0 Å². The van der Waals surface area contributed by atoms with Gasteiger partial charge in [-0.15, -0.1) is 0 Å². The molecule has 4 nitrogen and oxygen atoms in total. The van der Waals surface area contributed by atoms with Gasteiger partial charge in [0.05, 0.1) is 11.9 Å². The Labute approximate surface area is 159 Å². The van der Waals surface area contributed by atoms with E-state index in [4.69, 9.17) is 0 Å². The van der Waals surface area contributed by atoms with Crippen molar-refractivity contribution in [2.75, 3.05) is 0 Å². The Morgan fingerprint density at radius 2 is 0.900 bits per heavy atom. The first-order valence-corrected chi connectivity index (χ1v) is 5.14. The fraction of sp³-hybridized carbons (Fsp3) is 0. The summed E-state index contributed by atoms with van der Waals surface area (Å²) in [7, 11) is 0. The fourth-order valence-electron chi connectivity index (χ4n) is 1.15. The van der Waals surface area contributed by atoms with E-state index >= 15 is 0 Å². The molecule has 0 radical (unpaired) electrons. The van der Waals surface area contributed by atoms with Crippen molar-refractivity contribution in [3.8, 4) is 0 Å². The van der Waals surface area contributed by atoms with E-state index in [-0.39, 0.29) is 68.3 Å². The molecule has 0 amide bonds. The maximum Gasteiger partial charge on any atom is 2.00 e. The maximum atomic E-state index is 10.1. The summed E-state index contributed by atoms with van der Waals surface area (Å²) in [6.07, 6.45) is 0. The van der Waals surface area contributed by atoms with E-state index in [1.165, 1.54) is 24.3 Å². The van der Waals surface area contributed by atoms with Crippen molar-refractivity contribution in [1.82, 2.24) is 0 Å². The summed E-state index contributed by atoms with van der Waals surface area (Å²) in [5, 5.41) is 20.2. The van der Waals surface area contributed by atoms with Crippen LogP contribution in [0.5, 0.6) is 0 Å². The second-order valence-electron chi connectivity index (χ2n) is 3.31. The minimum Gasteiger partial charge on any atom is -0.545 e. The van der Waals surface area contributed by atoms with E-state index in [1.807, 2.05) is 0 Å². The first kappa shape index (κ1) is 21.6. The molecule has 0 bridgehead atoms. The third-order valence-corrected chi connectivity index (χ3v) is 2.02. The zero-order valence-corrected chi connectivity index (χ0v) is 16.0. The average molecular weight is 348 g/mol. The van der Waals surface area contributed by atoms with Crippen molar-refractivity contribution in [3.05, 3.63) is 71.8 Å². The SMILES string of the molecule is O=C([O-])c1ccccc1.O=C([O-])c1ccccc1.[Ca+2].[Zn]. The second-order valence-corrected chi connectivity index (χ2v) is 3.31. The minimum atomic E-state index is -1.13. The van der Waals surface area contributed by atoms with Crippen molar-refractivity contribution in [2.24, 2.45) is 0 Å². The molecule has 0 saturated carbocycles. The normalized spacial score (nSPS) is 8.00. The zero-order valence-electron chi connectivity index (χ0n) is 10.8. The minimum absolute atomic E-state index is 0. The molecule has 0 aliphatic rings. The van der Waals surface area contributed by atoms with E-state index in [9.17, 15) is 19.8 Å². The monoisotopic (exact) mass is 346 g/mol. The van der Waals surface area contributed by atoms with Crippen LogP contribution in [0.4, 0.5) is 0 Å². The van der Waals surface area contributed by atoms with Crippen LogP contribution in [0.3, 0.4) is 0 Å². The number of carbonyl (C=O) groups excluding carboxylic acids is 2. The summed E-state index contributed by atoms with van der Waals surface area (Å²) >= 11 is 0. The number of carboxylic acids is 2. The van der Waals surface area contributed by atoms with Crippen molar-refractivity contribution < 1.29 is 39.3 Å². The van der Waals surface area contributed by atoms with Crippen LogP contribution in [0.15, 0.2) is 60.7 Å². The van der Waals surface area contributed by atoms with Crippen molar-refractivity contribution in [2.45, 2.75) is 0 Å². The Balaban J connectivity index is 0. The van der Waals surface area contributed by atoms with Crippen LogP contribution in [0, 0.1) is 0 Å². The predicted molar refractivity (Wildman–Crippen MR) is 67.3 cm³/mol. The van der Waals surface area contributed by atoms with E-state index in [0.29, 0.717) is 0 Å². The van der Waals surface area contributed by atoms with Gasteiger partial charge in [0.25, 0.3) is 0 Å². The Morgan fingerprint density at radius 3 is 1.05 bits per heavy atom. The summed E-state index contributed by atoms with van der Waals surface area (Å²) < 4.78 is 0. The number of carbonyl (C=O) groups is 2. The number of carboxylic acid groups (broad SMARTS) is 2. The van der Waals surface area contributed by atoms with Crippen LogP contribution in [0.2, 0.25) is 0 Å². The smallest absolute Gasteiger partial charge is 0.545 e. The molecule has 6 heteroatoms. The van der Waals surface area contributed by atoms with Gasteiger partial charge in [0.15, 0.2) is 0 Å². The first-order valence-electron chi connectivity index (χ1n) is 5.14. The Hall–Kier alpha value is -0.737. The molecule has 0 aromatic heterocycles. The third-order valence-electron chi connectivity index (χ3n) is 2.02. The molecule has 20 heavy (non-hydrogen) atoms. The van der Waals surface area contributed by atoms with E-state index in [1.54, 1.807) is 36.4 Å². The van der Waals surface area contributed by atoms with Crippen LogP contribution < -0.4 is 10.2 Å². The molecule has 0 spiro atoms. The number of hydrogen-bond acceptors (Lipinski definition) is 4. The summed E-state index contributed by atoms with van der Waals surface area (Å²) in [6, 6.07) is 16.1. The molecule has 0 atom stereocenters. The Bertz CT molecular complexity index is 468. The van der Waals surface area contributed by atoms with E-state index in [2.05, 4.69) is 0 Å². The molecule has 2 aromatic carbocycles. The van der Waals surface area contributed by atoms with Crippen LogP contribution >= 0.6 is 0 Å². The number of rotatable bonds is 2. The zero-order chi connectivity index (χ0) is 13.4. The van der Waals surface area contributed by atoms with Gasteiger partial charge in [-0.1, -0.05) is 60.7 Å². The largest absolute Gasteiger partial charge is 2.00 e. The van der Waals surface area contributed by atoms with E-state index < -0.39 is 11.9 Å². The summed E-state index contributed by atoms with van der Waals surface area (Å²) in [5.74, 6) is -2.26. The molecule has 0 heterocycles. The van der Waals surface area contributed by atoms with Crippen molar-refractivity contribution >= 4 is 49.7 Å². The van der Waals surface area contributed by atoms with Gasteiger partial charge in [0.2, 0.25) is 0 Å². The van der Waals surface area contributed by atoms with Gasteiger partial charge < -0.3 is 19.8 Å². The molecular weight excluding hydrogens is 338 g/mol. The van der Waals surface area contributed by atoms with Crippen molar-refractivity contribution in [1.29, 1.82) is 0 Å². The molecule has 0 unspecified atom stereocenters. The molecule has 94 valence electrons. The number of hydrogen-bond donors (Lipinski definition) is 0. The molecule has 2 aromatic rings. The van der Waals surface area contributed by atoms with E-state index in [0.717, 1.165) is 0 Å². The number of benzene rings is 2. The van der Waals surface area contributed by atoms with Crippen molar-refractivity contribution in [3.63, 3.8) is 0 Å². The molecule has 0 fully saturated rings. The first-order chi connectivity index (χ1) is 8.61. The summed E-state index contributed by atoms with van der Waals surface area (Å²) in [5.41, 5.74) is 0.440. The third kappa shape index (κ3) is 8.44. The fourth-order valence-corrected chi connectivity index (χ4v) is 1.15. The Morgan fingerprint density at radius 1 is 0.650 bits per heavy atom. The molecule has 0 aliphatic carbocycles. The predicted octanol–water partition coefficient (Wildman–Crippen LogP) is -0.283. The molecular formula is C14H10CaO4Zn. The van der Waals surface area contributed by atoms with Crippen LogP contribution in [0.1, 0.15) is 20.7 Å². The molecule has 0 saturated heterocycles. The molecule has 0 aliphatic heterocycles. The van der Waals surface area contributed by atoms with Gasteiger partial charge in [0.1, 0.15) is 0 Å². The standard InChI is InChI=1S/2C7H6O2.Ca.Zn/c2*8-7(9)6-4-2-1-3-5-6;;/h2*1-5H,(H,8,9);;/q;;+2;/p-2. The topological polar surface area (TPSA) is 80.3 Å². The van der Waals surface area contributed by atoms with Gasteiger partial charge in [-0.05, 0) is 11.1 Å². The number of aromatic carboxylic acids is 2. The van der Waals surface area contributed by atoms with Crippen LogP contribution in [0.25, 0.3) is 0 Å². The summed E-state index contributed by atoms with van der Waals surface area (Å²) in [6.45, 7) is 0. The Kier molecular flexibility index (Phi) is 13.0. The summed E-state index contributed by atoms with van der Waals surface area (Å²) in [4.78, 5) is 20.2. The molecule has 2 rings (SSSR count). The van der Waals surface area contributed by atoms with Gasteiger partial charge in [0, 0.05) is 19.5 Å². The van der Waals surface area contributed by atoms with Crippen LogP contribution in [-0.2, 0) is 19.5 Å². The van der Waals surface area contributed by atoms with Crippen LogP contribution in [-0.4, -0.2) is 49.7 Å². The van der Waals surface area contributed by atoms with Gasteiger partial charge in [-0.3, -0.25) is 0 Å². The quantitative estimate of drug-likeness (QED) is 0.700. The maximum absolute atomic E-state index is 10.1. The second kappa shape index (κ2) is 12.0. The van der Waals surface area contributed by atoms with Gasteiger partial charge in [-0.2, -0.15) is 0 Å². The molecule has 0 N–H and O–H groups in total. The average Bonchev–Trinajstić information content (AvgIpc) is 2.41. The van der Waals surface area contributed by atoms with Gasteiger partial charge >= 0.3 is 37.7 Å².